The van der Waals surface area contributed by atoms with Crippen LogP contribution in [0.15, 0.2) is 53.6 Å². The Morgan fingerprint density at radius 2 is 1.87 bits per heavy atom. The smallest absolute Gasteiger partial charge is 0.261 e. The molecule has 0 aliphatic heterocycles. The molecule has 1 aromatic heterocycles. The van der Waals surface area contributed by atoms with Crippen LogP contribution in [0.25, 0.3) is 10.9 Å². The van der Waals surface area contributed by atoms with Gasteiger partial charge in [-0.15, -0.1) is 0 Å². The van der Waals surface area contributed by atoms with Gasteiger partial charge in [0.25, 0.3) is 10.0 Å². The number of hydrogen-bond acceptors (Lipinski definition) is 3. The van der Waals surface area contributed by atoms with Gasteiger partial charge >= 0.3 is 0 Å². The molecule has 2 aromatic carbocycles. The average Bonchev–Trinajstić information content (AvgIpc) is 2.94. The Hall–Kier alpha value is -2.34. The van der Waals surface area contributed by atoms with Crippen LogP contribution in [0.4, 0.5) is 5.69 Å². The van der Waals surface area contributed by atoms with E-state index < -0.39 is 10.0 Å². The van der Waals surface area contributed by atoms with Crippen molar-refractivity contribution in [3.8, 4) is 0 Å². The molecule has 0 saturated carbocycles. The molecule has 0 saturated heterocycles. The molecule has 5 nitrogen and oxygen atoms in total. The maximum Gasteiger partial charge on any atom is 0.261 e. The molecule has 6 heteroatoms. The van der Waals surface area contributed by atoms with E-state index in [0.29, 0.717) is 11.6 Å². The Bertz CT molecular complexity index is 912. The van der Waals surface area contributed by atoms with Gasteiger partial charge in [0.2, 0.25) is 0 Å². The van der Waals surface area contributed by atoms with E-state index in [1.807, 2.05) is 18.2 Å². The zero-order chi connectivity index (χ0) is 16.4. The highest BCUT2D eigenvalue weighted by atomic mass is 32.2. The third kappa shape index (κ3) is 3.53. The Morgan fingerprint density at radius 3 is 2.57 bits per heavy atom. The Morgan fingerprint density at radius 1 is 1.13 bits per heavy atom. The molecule has 0 atom stereocenters. The first-order chi connectivity index (χ1) is 10.9. The fourth-order valence-electron chi connectivity index (χ4n) is 2.49. The van der Waals surface area contributed by atoms with Crippen molar-refractivity contribution < 1.29 is 8.42 Å². The Balaban J connectivity index is 1.83. The predicted octanol–water partition coefficient (Wildman–Crippen LogP) is 3.56. The van der Waals surface area contributed by atoms with Crippen LogP contribution in [0.1, 0.15) is 19.4 Å². The predicted molar refractivity (Wildman–Crippen MR) is 91.9 cm³/mol. The molecular weight excluding hydrogens is 310 g/mol. The summed E-state index contributed by atoms with van der Waals surface area (Å²) in [6.07, 6.45) is 2.63. The summed E-state index contributed by atoms with van der Waals surface area (Å²) in [6.45, 7) is 4.27. The highest BCUT2D eigenvalue weighted by Gasteiger charge is 2.14. The third-order valence-corrected chi connectivity index (χ3v) is 4.97. The first-order valence-electron chi connectivity index (χ1n) is 7.49. The Kier molecular flexibility index (Phi) is 4.09. The second kappa shape index (κ2) is 6.04. The molecule has 0 unspecified atom stereocenters. The molecule has 3 rings (SSSR count). The van der Waals surface area contributed by atoms with E-state index in [9.17, 15) is 8.42 Å². The van der Waals surface area contributed by atoms with Crippen molar-refractivity contribution in [2.75, 3.05) is 4.72 Å². The Labute approximate surface area is 135 Å². The normalized spacial score (nSPS) is 12.0. The molecule has 0 radical (unpaired) electrons. The number of H-pyrrole nitrogens is 1. The minimum atomic E-state index is -3.59. The molecule has 0 fully saturated rings. The summed E-state index contributed by atoms with van der Waals surface area (Å²) in [7, 11) is -3.59. The van der Waals surface area contributed by atoms with Gasteiger partial charge in [-0.1, -0.05) is 26.0 Å². The van der Waals surface area contributed by atoms with E-state index in [2.05, 4.69) is 28.8 Å². The number of rotatable bonds is 5. The van der Waals surface area contributed by atoms with Gasteiger partial charge < -0.3 is 0 Å². The van der Waals surface area contributed by atoms with Crippen LogP contribution in [0.5, 0.6) is 0 Å². The van der Waals surface area contributed by atoms with Crippen molar-refractivity contribution in [2.45, 2.75) is 25.2 Å². The number of anilines is 1. The number of aromatic nitrogens is 2. The van der Waals surface area contributed by atoms with Gasteiger partial charge in [0.1, 0.15) is 0 Å². The van der Waals surface area contributed by atoms with Crippen LogP contribution in [-0.2, 0) is 16.4 Å². The zero-order valence-electron chi connectivity index (χ0n) is 13.1. The van der Waals surface area contributed by atoms with Gasteiger partial charge in [0, 0.05) is 5.39 Å². The fraction of sp³-hybridized carbons (Fsp3) is 0.235. The number of benzene rings is 2. The molecule has 3 aromatic rings. The molecule has 0 aliphatic carbocycles. The van der Waals surface area contributed by atoms with Gasteiger partial charge in [0.05, 0.1) is 22.3 Å². The molecule has 120 valence electrons. The summed E-state index contributed by atoms with van der Waals surface area (Å²) < 4.78 is 27.5. The number of nitrogens with zero attached hydrogens (tertiary/aromatic N) is 1. The van der Waals surface area contributed by atoms with Crippen molar-refractivity contribution in [3.63, 3.8) is 0 Å². The van der Waals surface area contributed by atoms with Crippen molar-refractivity contribution in [3.05, 3.63) is 54.2 Å². The minimum absolute atomic E-state index is 0.259. The standard InChI is InChI=1S/C17H19N3O2S/c1-12(2)9-13-3-7-16(8-4-13)23(21,22)20-15-6-5-14-11-18-19-17(14)10-15/h3-8,10-12,20H,9H2,1-2H3,(H,18,19). The number of sulfonamides is 1. The molecule has 0 spiro atoms. The maximum absolute atomic E-state index is 12.5. The summed E-state index contributed by atoms with van der Waals surface area (Å²) in [4.78, 5) is 0.259. The van der Waals surface area contributed by atoms with Gasteiger partial charge in [-0.3, -0.25) is 9.82 Å². The van der Waals surface area contributed by atoms with E-state index in [1.54, 1.807) is 30.5 Å². The van der Waals surface area contributed by atoms with Gasteiger partial charge in [0.15, 0.2) is 0 Å². The summed E-state index contributed by atoms with van der Waals surface area (Å²) in [5.74, 6) is 0.539. The van der Waals surface area contributed by atoms with Crippen LogP contribution in [0.2, 0.25) is 0 Å². The summed E-state index contributed by atoms with van der Waals surface area (Å²) in [5.41, 5.74) is 2.43. The molecular formula is C17H19N3O2S. The SMILES string of the molecule is CC(C)Cc1ccc(S(=O)(=O)Nc2ccc3cn[nH]c3c2)cc1. The second-order valence-corrected chi connectivity index (χ2v) is 7.70. The highest BCUT2D eigenvalue weighted by molar-refractivity contribution is 7.92. The quantitative estimate of drug-likeness (QED) is 0.751. The van der Waals surface area contributed by atoms with E-state index in [-0.39, 0.29) is 4.90 Å². The lowest BCUT2D eigenvalue weighted by Crippen LogP contribution is -2.13. The summed E-state index contributed by atoms with van der Waals surface area (Å²) >= 11 is 0. The lowest BCUT2D eigenvalue weighted by Gasteiger charge is -2.10. The largest absolute Gasteiger partial charge is 0.280 e. The van der Waals surface area contributed by atoms with Crippen LogP contribution >= 0.6 is 0 Å². The van der Waals surface area contributed by atoms with Crippen LogP contribution in [-0.4, -0.2) is 18.6 Å². The molecule has 0 bridgehead atoms. The van der Waals surface area contributed by atoms with E-state index in [4.69, 9.17) is 0 Å². The van der Waals surface area contributed by atoms with Gasteiger partial charge in [-0.25, -0.2) is 8.42 Å². The van der Waals surface area contributed by atoms with Gasteiger partial charge in [-0.05, 0) is 48.2 Å². The third-order valence-electron chi connectivity index (χ3n) is 3.57. The average molecular weight is 329 g/mol. The van der Waals surface area contributed by atoms with Crippen LogP contribution in [0.3, 0.4) is 0 Å². The van der Waals surface area contributed by atoms with Crippen molar-refractivity contribution in [1.29, 1.82) is 0 Å². The van der Waals surface area contributed by atoms with E-state index in [0.717, 1.165) is 22.9 Å². The number of aromatic amines is 1. The number of hydrogen-bond donors (Lipinski definition) is 2. The van der Waals surface area contributed by atoms with Crippen molar-refractivity contribution >= 4 is 26.6 Å². The fourth-order valence-corrected chi connectivity index (χ4v) is 3.54. The monoisotopic (exact) mass is 329 g/mol. The number of fused-ring (bicyclic) bond motifs is 1. The molecule has 0 amide bonds. The lowest BCUT2D eigenvalue weighted by atomic mass is 10.0. The molecule has 1 heterocycles. The summed E-state index contributed by atoms with van der Waals surface area (Å²) in [5, 5.41) is 7.69. The second-order valence-electron chi connectivity index (χ2n) is 6.02. The topological polar surface area (TPSA) is 74.8 Å². The highest BCUT2D eigenvalue weighted by Crippen LogP contribution is 2.21. The lowest BCUT2D eigenvalue weighted by molar-refractivity contribution is 0.601. The molecule has 2 N–H and O–H groups in total. The summed E-state index contributed by atoms with van der Waals surface area (Å²) in [6, 6.07) is 12.3. The van der Waals surface area contributed by atoms with E-state index >= 15 is 0 Å². The first kappa shape index (κ1) is 15.6. The van der Waals surface area contributed by atoms with Crippen molar-refractivity contribution in [1.82, 2.24) is 10.2 Å². The van der Waals surface area contributed by atoms with Crippen LogP contribution in [0, 0.1) is 5.92 Å². The minimum Gasteiger partial charge on any atom is -0.280 e. The molecule has 0 aliphatic rings. The molecule has 23 heavy (non-hydrogen) atoms. The van der Waals surface area contributed by atoms with E-state index in [1.165, 1.54) is 0 Å². The van der Waals surface area contributed by atoms with Gasteiger partial charge in [-0.2, -0.15) is 5.10 Å². The maximum atomic E-state index is 12.5. The van der Waals surface area contributed by atoms with Crippen molar-refractivity contribution in [2.24, 2.45) is 5.92 Å². The van der Waals surface area contributed by atoms with Crippen LogP contribution < -0.4 is 4.72 Å². The number of nitrogens with one attached hydrogen (secondary N) is 2. The zero-order valence-corrected chi connectivity index (χ0v) is 13.9. The first-order valence-corrected chi connectivity index (χ1v) is 8.97.